The van der Waals surface area contributed by atoms with Gasteiger partial charge < -0.3 is 4.90 Å². The molecule has 1 aliphatic heterocycles. The number of hydrogen-bond donors (Lipinski definition) is 0. The van der Waals surface area contributed by atoms with Crippen molar-refractivity contribution in [3.8, 4) is 0 Å². The van der Waals surface area contributed by atoms with E-state index in [4.69, 9.17) is 11.6 Å². The van der Waals surface area contributed by atoms with Crippen LogP contribution >= 0.6 is 23.4 Å². The molecule has 0 spiro atoms. The zero-order valence-corrected chi connectivity index (χ0v) is 9.32. The van der Waals surface area contributed by atoms with Crippen LogP contribution in [-0.4, -0.2) is 18.8 Å². The van der Waals surface area contributed by atoms with Gasteiger partial charge in [0.25, 0.3) is 0 Å². The minimum absolute atomic E-state index is 0.610. The molecule has 13 heavy (non-hydrogen) atoms. The van der Waals surface area contributed by atoms with Crippen LogP contribution in [0.25, 0.3) is 0 Å². The summed E-state index contributed by atoms with van der Waals surface area (Å²) in [5.74, 6) is 1.14. The molecule has 1 heterocycles. The third kappa shape index (κ3) is 1.65. The summed E-state index contributed by atoms with van der Waals surface area (Å²) in [6.07, 6.45) is 0. The normalized spacial score (nSPS) is 21.5. The lowest BCUT2D eigenvalue weighted by atomic mass is 10.2. The molecule has 1 aliphatic rings. The molecule has 70 valence electrons. The Kier molecular flexibility index (Phi) is 2.43. The second-order valence-corrected chi connectivity index (χ2v) is 4.88. The minimum Gasteiger partial charge on any atom is -0.370 e. The fourth-order valence-electron chi connectivity index (χ4n) is 1.45. The lowest BCUT2D eigenvalue weighted by Gasteiger charge is -2.33. The van der Waals surface area contributed by atoms with Crippen LogP contribution < -0.4 is 4.90 Å². The second kappa shape index (κ2) is 3.43. The molecule has 0 aliphatic carbocycles. The molecule has 0 N–H and O–H groups in total. The molecule has 1 aromatic rings. The van der Waals surface area contributed by atoms with E-state index in [0.717, 1.165) is 10.8 Å². The molecule has 0 bridgehead atoms. The van der Waals surface area contributed by atoms with E-state index in [1.165, 1.54) is 10.6 Å². The molecule has 1 atom stereocenters. The first-order valence-corrected chi connectivity index (χ1v) is 5.70. The van der Waals surface area contributed by atoms with Crippen molar-refractivity contribution >= 4 is 29.1 Å². The predicted octanol–water partition coefficient (Wildman–Crippen LogP) is 3.27. The highest BCUT2D eigenvalue weighted by Crippen LogP contribution is 2.37. The smallest absolute Gasteiger partial charge is 0.0505 e. The van der Waals surface area contributed by atoms with Crippen LogP contribution in [0.4, 0.5) is 5.69 Å². The Bertz CT molecular complexity index is 327. The number of thioether (sulfide) groups is 1. The minimum atomic E-state index is 0.610. The third-order valence-electron chi connectivity index (χ3n) is 2.44. The lowest BCUT2D eigenvalue weighted by Crippen LogP contribution is -2.33. The van der Waals surface area contributed by atoms with Crippen LogP contribution in [0.3, 0.4) is 0 Å². The summed E-state index contributed by atoms with van der Waals surface area (Å²) in [4.78, 5) is 3.61. The third-order valence-corrected chi connectivity index (χ3v) is 3.97. The highest BCUT2D eigenvalue weighted by molar-refractivity contribution is 7.99. The maximum atomic E-state index is 5.93. The van der Waals surface area contributed by atoms with Gasteiger partial charge in [0.15, 0.2) is 0 Å². The lowest BCUT2D eigenvalue weighted by molar-refractivity contribution is 0.748. The summed E-state index contributed by atoms with van der Waals surface area (Å²) in [5, 5.41) is 0.828. The van der Waals surface area contributed by atoms with Crippen molar-refractivity contribution in [2.75, 3.05) is 17.7 Å². The van der Waals surface area contributed by atoms with Gasteiger partial charge in [-0.2, -0.15) is 0 Å². The van der Waals surface area contributed by atoms with E-state index in [1.807, 2.05) is 23.9 Å². The van der Waals surface area contributed by atoms with Gasteiger partial charge in [0.1, 0.15) is 0 Å². The van der Waals surface area contributed by atoms with Crippen molar-refractivity contribution < 1.29 is 0 Å². The molecule has 0 saturated heterocycles. The Morgan fingerprint density at radius 2 is 2.31 bits per heavy atom. The van der Waals surface area contributed by atoms with Crippen molar-refractivity contribution in [2.45, 2.75) is 17.9 Å². The van der Waals surface area contributed by atoms with Gasteiger partial charge in [0.05, 0.1) is 5.69 Å². The molecule has 0 radical (unpaired) electrons. The summed E-state index contributed by atoms with van der Waals surface area (Å²) in [7, 11) is 2.14. The standard InChI is InChI=1S/C10H12ClNS/c1-7-6-13-10-5-8(11)3-4-9(10)12(7)2/h3-5,7H,6H2,1-2H3. The molecule has 3 heteroatoms. The van der Waals surface area contributed by atoms with E-state index in [2.05, 4.69) is 24.9 Å². The number of rotatable bonds is 0. The van der Waals surface area contributed by atoms with Gasteiger partial charge in [-0.05, 0) is 25.1 Å². The largest absolute Gasteiger partial charge is 0.370 e. The molecule has 1 aromatic carbocycles. The average molecular weight is 214 g/mol. The Morgan fingerprint density at radius 3 is 3.08 bits per heavy atom. The van der Waals surface area contributed by atoms with Gasteiger partial charge in [0.2, 0.25) is 0 Å². The van der Waals surface area contributed by atoms with E-state index in [0.29, 0.717) is 6.04 Å². The average Bonchev–Trinajstić information content (AvgIpc) is 2.12. The summed E-state index contributed by atoms with van der Waals surface area (Å²) in [5.41, 5.74) is 1.30. The fraction of sp³-hybridized carbons (Fsp3) is 0.400. The van der Waals surface area contributed by atoms with Gasteiger partial charge in [-0.3, -0.25) is 0 Å². The molecule has 2 rings (SSSR count). The summed E-state index contributed by atoms with van der Waals surface area (Å²) < 4.78 is 0. The topological polar surface area (TPSA) is 3.24 Å². The monoisotopic (exact) mass is 213 g/mol. The van der Waals surface area contributed by atoms with Gasteiger partial charge in [-0.25, -0.2) is 0 Å². The molecule has 1 unspecified atom stereocenters. The van der Waals surface area contributed by atoms with E-state index in [9.17, 15) is 0 Å². The zero-order valence-electron chi connectivity index (χ0n) is 7.75. The van der Waals surface area contributed by atoms with Crippen molar-refractivity contribution in [2.24, 2.45) is 0 Å². The Balaban J connectivity index is 2.44. The van der Waals surface area contributed by atoms with Crippen LogP contribution in [0.1, 0.15) is 6.92 Å². The maximum absolute atomic E-state index is 5.93. The van der Waals surface area contributed by atoms with Gasteiger partial charge in [-0.1, -0.05) is 11.6 Å². The number of fused-ring (bicyclic) bond motifs is 1. The summed E-state index contributed by atoms with van der Waals surface area (Å²) >= 11 is 7.82. The van der Waals surface area contributed by atoms with Crippen molar-refractivity contribution in [1.82, 2.24) is 0 Å². The van der Waals surface area contributed by atoms with Crippen LogP contribution in [0, 0.1) is 0 Å². The van der Waals surface area contributed by atoms with Crippen molar-refractivity contribution in [3.63, 3.8) is 0 Å². The molecule has 0 saturated carbocycles. The first-order chi connectivity index (χ1) is 6.18. The SMILES string of the molecule is CC1CSc2cc(Cl)ccc2N1C. The van der Waals surface area contributed by atoms with E-state index in [-0.39, 0.29) is 0 Å². The first kappa shape index (κ1) is 9.22. The summed E-state index contributed by atoms with van der Waals surface area (Å²) in [6, 6.07) is 6.71. The van der Waals surface area contributed by atoms with Gasteiger partial charge in [-0.15, -0.1) is 11.8 Å². The van der Waals surface area contributed by atoms with Crippen molar-refractivity contribution in [3.05, 3.63) is 23.2 Å². The van der Waals surface area contributed by atoms with Crippen LogP contribution in [0.2, 0.25) is 5.02 Å². The molecule has 0 amide bonds. The summed E-state index contributed by atoms with van der Waals surface area (Å²) in [6.45, 7) is 2.24. The first-order valence-electron chi connectivity index (χ1n) is 4.33. The second-order valence-electron chi connectivity index (χ2n) is 3.38. The van der Waals surface area contributed by atoms with E-state index in [1.54, 1.807) is 0 Å². The Hall–Kier alpha value is -0.340. The van der Waals surface area contributed by atoms with Gasteiger partial charge in [0, 0.05) is 28.8 Å². The van der Waals surface area contributed by atoms with Crippen LogP contribution in [0.15, 0.2) is 23.1 Å². The van der Waals surface area contributed by atoms with Crippen LogP contribution in [-0.2, 0) is 0 Å². The highest BCUT2D eigenvalue weighted by atomic mass is 35.5. The predicted molar refractivity (Wildman–Crippen MR) is 60.0 cm³/mol. The molecular weight excluding hydrogens is 202 g/mol. The highest BCUT2D eigenvalue weighted by Gasteiger charge is 2.19. The molecule has 1 nitrogen and oxygen atoms in total. The number of nitrogens with zero attached hydrogens (tertiary/aromatic N) is 1. The molecular formula is C10H12ClNS. The Labute approximate surface area is 88.1 Å². The van der Waals surface area contributed by atoms with Crippen molar-refractivity contribution in [1.29, 1.82) is 0 Å². The molecule has 0 fully saturated rings. The zero-order chi connectivity index (χ0) is 9.42. The number of hydrogen-bond acceptors (Lipinski definition) is 2. The van der Waals surface area contributed by atoms with E-state index < -0.39 is 0 Å². The maximum Gasteiger partial charge on any atom is 0.0505 e. The van der Waals surface area contributed by atoms with Crippen LogP contribution in [0.5, 0.6) is 0 Å². The quantitative estimate of drug-likeness (QED) is 0.651. The fourth-order valence-corrected chi connectivity index (χ4v) is 2.91. The molecule has 0 aromatic heterocycles. The number of anilines is 1. The number of halogens is 1. The van der Waals surface area contributed by atoms with E-state index >= 15 is 0 Å². The van der Waals surface area contributed by atoms with Gasteiger partial charge >= 0.3 is 0 Å². The Morgan fingerprint density at radius 1 is 1.54 bits per heavy atom. The number of benzene rings is 1.